The van der Waals surface area contributed by atoms with Gasteiger partial charge in [0.05, 0.1) is 12.7 Å². The molecule has 0 aliphatic heterocycles. The molecule has 1 atom stereocenters. The van der Waals surface area contributed by atoms with Crippen molar-refractivity contribution >= 4 is 5.78 Å². The Labute approximate surface area is 200 Å². The number of H-pyrrole nitrogens is 1. The molecule has 186 valence electrons. The molecule has 0 aliphatic rings. The molecule has 35 heavy (non-hydrogen) atoms. The number of nitrogens with one attached hydrogen (secondary N) is 1. The van der Waals surface area contributed by atoms with Crippen molar-refractivity contribution in [1.29, 1.82) is 0 Å². The highest BCUT2D eigenvalue weighted by molar-refractivity contribution is 5.94. The number of aromatic amines is 1. The maximum atomic E-state index is 14.2. The summed E-state index contributed by atoms with van der Waals surface area (Å²) in [4.78, 5) is 32.3. The SMILES string of the molecule is COc1ccc(Cc2nc(C(=O)C[C@@H](c3ccc(C(F)(F)F)c(F)c3)C(C)(C)C)cc(=O)[nH]2)cc1. The molecule has 1 heterocycles. The van der Waals surface area contributed by atoms with Crippen LogP contribution in [0.15, 0.2) is 53.3 Å². The van der Waals surface area contributed by atoms with E-state index in [1.54, 1.807) is 40.0 Å². The topological polar surface area (TPSA) is 72.0 Å². The van der Waals surface area contributed by atoms with E-state index in [1.807, 2.05) is 12.1 Å². The number of aromatic nitrogens is 2. The average Bonchev–Trinajstić information content (AvgIpc) is 2.75. The summed E-state index contributed by atoms with van der Waals surface area (Å²) in [6, 6.07) is 10.9. The number of methoxy groups -OCH3 is 1. The van der Waals surface area contributed by atoms with Crippen molar-refractivity contribution in [1.82, 2.24) is 9.97 Å². The van der Waals surface area contributed by atoms with Gasteiger partial charge in [-0.2, -0.15) is 13.2 Å². The van der Waals surface area contributed by atoms with Crippen molar-refractivity contribution in [2.75, 3.05) is 7.11 Å². The number of benzene rings is 2. The van der Waals surface area contributed by atoms with Gasteiger partial charge in [0.25, 0.3) is 5.56 Å². The molecular weight excluding hydrogens is 464 g/mol. The Hall–Kier alpha value is -3.49. The van der Waals surface area contributed by atoms with Crippen LogP contribution in [0.5, 0.6) is 5.75 Å². The summed E-state index contributed by atoms with van der Waals surface area (Å²) in [5.74, 6) is -1.51. The quantitative estimate of drug-likeness (QED) is 0.329. The standard InChI is InChI=1S/C26H26F4N2O3/c1-25(2,3)19(16-7-10-18(20(27)12-16)26(28,29)30)13-22(33)21-14-24(34)32-23(31-21)11-15-5-8-17(35-4)9-6-15/h5-10,12,14,19H,11,13H2,1-4H3,(H,31,32,34)/t19-/m0/s1. The first-order valence-corrected chi connectivity index (χ1v) is 10.9. The minimum absolute atomic E-state index is 0.0566. The van der Waals surface area contributed by atoms with Gasteiger partial charge in [-0.05, 0) is 46.7 Å². The fraction of sp³-hybridized carbons (Fsp3) is 0.346. The highest BCUT2D eigenvalue weighted by Crippen LogP contribution is 2.40. The van der Waals surface area contributed by atoms with Crippen molar-refractivity contribution in [2.45, 2.75) is 45.7 Å². The van der Waals surface area contributed by atoms with Gasteiger partial charge in [-0.3, -0.25) is 9.59 Å². The van der Waals surface area contributed by atoms with E-state index in [2.05, 4.69) is 9.97 Å². The predicted molar refractivity (Wildman–Crippen MR) is 123 cm³/mol. The van der Waals surface area contributed by atoms with E-state index in [0.717, 1.165) is 17.7 Å². The van der Waals surface area contributed by atoms with Gasteiger partial charge in [-0.25, -0.2) is 9.37 Å². The molecule has 9 heteroatoms. The van der Waals surface area contributed by atoms with Crippen LogP contribution >= 0.6 is 0 Å². The minimum atomic E-state index is -4.81. The maximum Gasteiger partial charge on any atom is 0.419 e. The molecule has 0 spiro atoms. The molecule has 2 aromatic carbocycles. The smallest absolute Gasteiger partial charge is 0.419 e. The van der Waals surface area contributed by atoms with Crippen LogP contribution in [0, 0.1) is 11.2 Å². The summed E-state index contributed by atoms with van der Waals surface area (Å²) < 4.78 is 58.3. The van der Waals surface area contributed by atoms with Crippen LogP contribution in [0.4, 0.5) is 17.6 Å². The van der Waals surface area contributed by atoms with Gasteiger partial charge < -0.3 is 9.72 Å². The fourth-order valence-electron chi connectivity index (χ4n) is 3.86. The lowest BCUT2D eigenvalue weighted by Crippen LogP contribution is -2.24. The molecule has 0 bridgehead atoms. The lowest BCUT2D eigenvalue weighted by atomic mass is 9.73. The predicted octanol–water partition coefficient (Wildman–Crippen LogP) is 5.93. The zero-order valence-electron chi connectivity index (χ0n) is 19.8. The molecule has 0 fully saturated rings. The zero-order valence-corrected chi connectivity index (χ0v) is 19.8. The van der Waals surface area contributed by atoms with Crippen molar-refractivity contribution in [3.63, 3.8) is 0 Å². The molecule has 3 aromatic rings. The first kappa shape index (κ1) is 26.1. The molecule has 0 amide bonds. The molecular formula is C26H26F4N2O3. The first-order chi connectivity index (χ1) is 16.3. The Morgan fingerprint density at radius 2 is 1.71 bits per heavy atom. The number of ether oxygens (including phenoxy) is 1. The third kappa shape index (κ3) is 6.55. The number of nitrogens with zero attached hydrogens (tertiary/aromatic N) is 1. The van der Waals surface area contributed by atoms with E-state index < -0.39 is 40.2 Å². The minimum Gasteiger partial charge on any atom is -0.497 e. The summed E-state index contributed by atoms with van der Waals surface area (Å²) in [5, 5.41) is 0. The molecule has 0 unspecified atom stereocenters. The highest BCUT2D eigenvalue weighted by Gasteiger charge is 2.36. The normalized spacial score (nSPS) is 12.9. The third-order valence-electron chi connectivity index (χ3n) is 5.74. The number of hydrogen-bond acceptors (Lipinski definition) is 4. The Morgan fingerprint density at radius 1 is 1.06 bits per heavy atom. The maximum absolute atomic E-state index is 14.2. The van der Waals surface area contributed by atoms with Crippen LogP contribution < -0.4 is 10.3 Å². The van der Waals surface area contributed by atoms with Crippen LogP contribution in [-0.4, -0.2) is 22.9 Å². The molecule has 0 saturated heterocycles. The van der Waals surface area contributed by atoms with Gasteiger partial charge in [-0.15, -0.1) is 0 Å². The van der Waals surface area contributed by atoms with E-state index in [1.165, 1.54) is 6.07 Å². The number of rotatable bonds is 7. The number of alkyl halides is 3. The molecule has 0 saturated carbocycles. The van der Waals surface area contributed by atoms with Crippen LogP contribution in [0.1, 0.15) is 66.1 Å². The van der Waals surface area contributed by atoms with Gasteiger partial charge in [0, 0.05) is 18.9 Å². The van der Waals surface area contributed by atoms with E-state index >= 15 is 0 Å². The molecule has 0 aliphatic carbocycles. The van der Waals surface area contributed by atoms with Gasteiger partial charge in [0.15, 0.2) is 5.78 Å². The Bertz CT molecular complexity index is 1260. The summed E-state index contributed by atoms with van der Waals surface area (Å²) in [6.45, 7) is 5.42. The Kier molecular flexibility index (Phi) is 7.47. The van der Waals surface area contributed by atoms with Crippen LogP contribution in [0.25, 0.3) is 0 Å². The highest BCUT2D eigenvalue weighted by atomic mass is 19.4. The summed E-state index contributed by atoms with van der Waals surface area (Å²) >= 11 is 0. The first-order valence-electron chi connectivity index (χ1n) is 10.9. The van der Waals surface area contributed by atoms with E-state index in [-0.39, 0.29) is 24.1 Å². The second-order valence-corrected chi connectivity index (χ2v) is 9.39. The summed E-state index contributed by atoms with van der Waals surface area (Å²) in [6.07, 6.45) is -4.70. The van der Waals surface area contributed by atoms with Crippen molar-refractivity contribution in [3.05, 3.63) is 92.9 Å². The molecule has 1 N–H and O–H groups in total. The van der Waals surface area contributed by atoms with Gasteiger partial charge in [0.1, 0.15) is 23.1 Å². The second kappa shape index (κ2) is 10.0. The van der Waals surface area contributed by atoms with Crippen LogP contribution in [0.2, 0.25) is 0 Å². The molecule has 5 nitrogen and oxygen atoms in total. The van der Waals surface area contributed by atoms with Crippen LogP contribution in [0.3, 0.4) is 0 Å². The number of halogens is 4. The molecule has 1 aromatic heterocycles. The fourth-order valence-corrected chi connectivity index (χ4v) is 3.86. The zero-order chi connectivity index (χ0) is 26.0. The average molecular weight is 490 g/mol. The van der Waals surface area contributed by atoms with Crippen molar-refractivity contribution < 1.29 is 27.1 Å². The Morgan fingerprint density at radius 3 is 2.26 bits per heavy atom. The van der Waals surface area contributed by atoms with E-state index in [0.29, 0.717) is 17.6 Å². The number of carbonyl (C=O) groups is 1. The van der Waals surface area contributed by atoms with Crippen LogP contribution in [-0.2, 0) is 12.6 Å². The molecule has 3 rings (SSSR count). The number of ketones is 1. The number of hydrogen-bond donors (Lipinski definition) is 1. The van der Waals surface area contributed by atoms with E-state index in [4.69, 9.17) is 4.74 Å². The lowest BCUT2D eigenvalue weighted by Gasteiger charge is -2.31. The largest absolute Gasteiger partial charge is 0.497 e. The monoisotopic (exact) mass is 490 g/mol. The summed E-state index contributed by atoms with van der Waals surface area (Å²) in [5.41, 5.74) is -1.40. The third-order valence-corrected chi connectivity index (χ3v) is 5.74. The van der Waals surface area contributed by atoms with E-state index in [9.17, 15) is 27.2 Å². The lowest BCUT2D eigenvalue weighted by molar-refractivity contribution is -0.140. The van der Waals surface area contributed by atoms with Gasteiger partial charge >= 0.3 is 6.18 Å². The van der Waals surface area contributed by atoms with Gasteiger partial charge in [0.2, 0.25) is 0 Å². The van der Waals surface area contributed by atoms with Gasteiger partial charge in [-0.1, -0.05) is 39.0 Å². The summed E-state index contributed by atoms with van der Waals surface area (Å²) in [7, 11) is 1.55. The molecule has 0 radical (unpaired) electrons. The number of Topliss-reactive ketones (excluding diaryl/α,β-unsaturated/α-hetero) is 1. The second-order valence-electron chi connectivity index (χ2n) is 9.39. The Balaban J connectivity index is 1.88. The van der Waals surface area contributed by atoms with Crippen molar-refractivity contribution in [2.24, 2.45) is 5.41 Å². The van der Waals surface area contributed by atoms with Crippen molar-refractivity contribution in [3.8, 4) is 5.75 Å². The number of carbonyl (C=O) groups excluding carboxylic acids is 1.